The van der Waals surface area contributed by atoms with Gasteiger partial charge in [0.15, 0.2) is 0 Å². The number of aryl methyl sites for hydroxylation is 2. The van der Waals surface area contributed by atoms with Crippen molar-refractivity contribution in [2.24, 2.45) is 0 Å². The number of fused-ring (bicyclic) bond motifs is 1. The van der Waals surface area contributed by atoms with Gasteiger partial charge in [-0.05, 0) is 53.8 Å². The fourth-order valence-corrected chi connectivity index (χ4v) is 4.86. The molecule has 190 valence electrons. The quantitative estimate of drug-likeness (QED) is 0.234. The molecule has 5 nitrogen and oxygen atoms in total. The SMILES string of the molecule is Cc1ccc(C)c(NC(=O)[C@H](Cc2c[nH]c3ccccc23)NC(=O)C(c2ccccc2)c2ccccc2)c1. The molecule has 0 bridgehead atoms. The minimum Gasteiger partial charge on any atom is -0.361 e. The Hall–Kier alpha value is -4.64. The van der Waals surface area contributed by atoms with Crippen LogP contribution in [0.25, 0.3) is 10.9 Å². The van der Waals surface area contributed by atoms with E-state index in [1.807, 2.05) is 123 Å². The largest absolute Gasteiger partial charge is 0.361 e. The van der Waals surface area contributed by atoms with Gasteiger partial charge in [-0.2, -0.15) is 0 Å². The van der Waals surface area contributed by atoms with Gasteiger partial charge >= 0.3 is 0 Å². The molecule has 5 rings (SSSR count). The van der Waals surface area contributed by atoms with Crippen molar-refractivity contribution in [3.05, 3.63) is 137 Å². The predicted molar refractivity (Wildman–Crippen MR) is 153 cm³/mol. The molecule has 0 saturated carbocycles. The van der Waals surface area contributed by atoms with Crippen molar-refractivity contribution in [1.29, 1.82) is 0 Å². The third-order valence-electron chi connectivity index (χ3n) is 6.91. The predicted octanol–water partition coefficient (Wildman–Crippen LogP) is 6.28. The van der Waals surface area contributed by atoms with Gasteiger partial charge in [-0.15, -0.1) is 0 Å². The Balaban J connectivity index is 1.48. The Morgan fingerprint density at radius 2 is 1.39 bits per heavy atom. The second kappa shape index (κ2) is 11.2. The molecule has 5 heteroatoms. The van der Waals surface area contributed by atoms with E-state index in [9.17, 15) is 9.59 Å². The highest BCUT2D eigenvalue weighted by Crippen LogP contribution is 2.26. The maximum atomic E-state index is 13.9. The minimum absolute atomic E-state index is 0.219. The summed E-state index contributed by atoms with van der Waals surface area (Å²) in [6.07, 6.45) is 2.27. The third-order valence-corrected chi connectivity index (χ3v) is 6.91. The van der Waals surface area contributed by atoms with Crippen LogP contribution in [-0.4, -0.2) is 22.8 Å². The van der Waals surface area contributed by atoms with Crippen LogP contribution < -0.4 is 10.6 Å². The van der Waals surface area contributed by atoms with Crippen molar-refractivity contribution >= 4 is 28.4 Å². The number of para-hydroxylation sites is 1. The highest BCUT2D eigenvalue weighted by Gasteiger charge is 2.29. The van der Waals surface area contributed by atoms with Crippen molar-refractivity contribution in [1.82, 2.24) is 10.3 Å². The summed E-state index contributed by atoms with van der Waals surface area (Å²) in [7, 11) is 0. The zero-order valence-corrected chi connectivity index (χ0v) is 21.6. The van der Waals surface area contributed by atoms with Crippen LogP contribution in [0.3, 0.4) is 0 Å². The third kappa shape index (κ3) is 5.52. The number of amides is 2. The first-order chi connectivity index (χ1) is 18.5. The van der Waals surface area contributed by atoms with Gasteiger partial charge in [0.1, 0.15) is 6.04 Å². The molecule has 0 fully saturated rings. The molecule has 0 aliphatic heterocycles. The van der Waals surface area contributed by atoms with Crippen LogP contribution >= 0.6 is 0 Å². The highest BCUT2D eigenvalue weighted by molar-refractivity contribution is 5.99. The van der Waals surface area contributed by atoms with Crippen molar-refractivity contribution in [3.8, 4) is 0 Å². The molecular weight excluding hydrogens is 470 g/mol. The number of benzene rings is 4. The van der Waals surface area contributed by atoms with Crippen molar-refractivity contribution in [2.75, 3.05) is 5.32 Å². The van der Waals surface area contributed by atoms with Gasteiger partial charge in [0.05, 0.1) is 5.92 Å². The van der Waals surface area contributed by atoms with Gasteiger partial charge in [-0.3, -0.25) is 9.59 Å². The molecule has 1 aromatic heterocycles. The van der Waals surface area contributed by atoms with Crippen LogP contribution in [0, 0.1) is 13.8 Å². The first-order valence-corrected chi connectivity index (χ1v) is 12.8. The van der Waals surface area contributed by atoms with E-state index < -0.39 is 12.0 Å². The Morgan fingerprint density at radius 1 is 0.763 bits per heavy atom. The van der Waals surface area contributed by atoms with Gasteiger partial charge in [0.2, 0.25) is 11.8 Å². The molecular formula is C33H31N3O2. The second-order valence-electron chi connectivity index (χ2n) is 9.69. The van der Waals surface area contributed by atoms with Gasteiger partial charge in [0, 0.05) is 29.2 Å². The maximum Gasteiger partial charge on any atom is 0.247 e. The number of anilines is 1. The zero-order chi connectivity index (χ0) is 26.5. The minimum atomic E-state index is -0.781. The van der Waals surface area contributed by atoms with Crippen molar-refractivity contribution in [2.45, 2.75) is 32.2 Å². The normalized spacial score (nSPS) is 11.9. The summed E-state index contributed by atoms with van der Waals surface area (Å²) in [6, 6.07) is 32.5. The number of rotatable bonds is 8. The molecule has 2 amide bonds. The Labute approximate surface area is 222 Å². The average Bonchev–Trinajstić information content (AvgIpc) is 3.34. The number of H-pyrrole nitrogens is 1. The van der Waals surface area contributed by atoms with Crippen LogP contribution in [0.4, 0.5) is 5.69 Å². The molecule has 0 radical (unpaired) electrons. The van der Waals surface area contributed by atoms with Gasteiger partial charge in [-0.25, -0.2) is 0 Å². The fourth-order valence-electron chi connectivity index (χ4n) is 4.86. The van der Waals surface area contributed by atoms with Crippen LogP contribution in [0.5, 0.6) is 0 Å². The summed E-state index contributed by atoms with van der Waals surface area (Å²) in [5.41, 5.74) is 6.47. The van der Waals surface area contributed by atoms with E-state index in [-0.39, 0.29) is 11.8 Å². The number of carbonyl (C=O) groups is 2. The van der Waals surface area contributed by atoms with E-state index in [0.717, 1.165) is 44.4 Å². The van der Waals surface area contributed by atoms with Gasteiger partial charge in [-0.1, -0.05) is 91.0 Å². The van der Waals surface area contributed by atoms with Crippen LogP contribution in [-0.2, 0) is 16.0 Å². The summed E-state index contributed by atoms with van der Waals surface area (Å²) in [6.45, 7) is 3.95. The number of carbonyl (C=O) groups excluding carboxylic acids is 2. The molecule has 5 aromatic rings. The molecule has 0 saturated heterocycles. The Morgan fingerprint density at radius 3 is 2.08 bits per heavy atom. The van der Waals surface area contributed by atoms with E-state index in [4.69, 9.17) is 0 Å². The van der Waals surface area contributed by atoms with E-state index in [1.54, 1.807) is 0 Å². The van der Waals surface area contributed by atoms with E-state index in [0.29, 0.717) is 6.42 Å². The van der Waals surface area contributed by atoms with E-state index in [2.05, 4.69) is 15.6 Å². The lowest BCUT2D eigenvalue weighted by molar-refractivity contribution is -0.126. The first kappa shape index (κ1) is 25.0. The molecule has 1 atom stereocenters. The van der Waals surface area contributed by atoms with Gasteiger partial charge < -0.3 is 15.6 Å². The molecule has 0 spiro atoms. The van der Waals surface area contributed by atoms with Crippen LogP contribution in [0.1, 0.15) is 33.7 Å². The summed E-state index contributed by atoms with van der Waals surface area (Å²) < 4.78 is 0. The monoisotopic (exact) mass is 501 g/mol. The van der Waals surface area contributed by atoms with E-state index >= 15 is 0 Å². The Bertz CT molecular complexity index is 1520. The molecule has 1 heterocycles. The molecule has 0 unspecified atom stereocenters. The van der Waals surface area contributed by atoms with Crippen LogP contribution in [0.15, 0.2) is 109 Å². The average molecular weight is 502 g/mol. The number of hydrogen-bond donors (Lipinski definition) is 3. The lowest BCUT2D eigenvalue weighted by atomic mass is 9.90. The smallest absolute Gasteiger partial charge is 0.247 e. The maximum absolute atomic E-state index is 13.9. The molecule has 0 aliphatic rings. The first-order valence-electron chi connectivity index (χ1n) is 12.8. The summed E-state index contributed by atoms with van der Waals surface area (Å²) >= 11 is 0. The summed E-state index contributed by atoms with van der Waals surface area (Å²) in [4.78, 5) is 30.9. The number of aromatic nitrogens is 1. The summed E-state index contributed by atoms with van der Waals surface area (Å²) in [5, 5.41) is 7.21. The number of nitrogens with one attached hydrogen (secondary N) is 3. The van der Waals surface area contributed by atoms with Crippen molar-refractivity contribution < 1.29 is 9.59 Å². The molecule has 0 aliphatic carbocycles. The highest BCUT2D eigenvalue weighted by atomic mass is 16.2. The molecule has 4 aromatic carbocycles. The van der Waals surface area contributed by atoms with Gasteiger partial charge in [0.25, 0.3) is 0 Å². The fraction of sp³-hybridized carbons (Fsp3) is 0.152. The standard InChI is InChI=1S/C33H31N3O2/c1-22-17-18-23(2)29(19-22)35-32(37)30(20-26-21-34-28-16-10-9-15-27(26)28)36-33(38)31(24-11-5-3-6-12-24)25-13-7-4-8-14-25/h3-19,21,30-31,34H,20H2,1-2H3,(H,35,37)(H,36,38)/t30-/m0/s1. The lowest BCUT2D eigenvalue weighted by Gasteiger charge is -2.23. The summed E-state index contributed by atoms with van der Waals surface area (Å²) in [5.74, 6) is -1.02. The zero-order valence-electron chi connectivity index (χ0n) is 21.6. The molecule has 38 heavy (non-hydrogen) atoms. The second-order valence-corrected chi connectivity index (χ2v) is 9.69. The number of hydrogen-bond acceptors (Lipinski definition) is 2. The Kier molecular flexibility index (Phi) is 7.36. The van der Waals surface area contributed by atoms with E-state index in [1.165, 1.54) is 0 Å². The lowest BCUT2D eigenvalue weighted by Crippen LogP contribution is -2.47. The number of aromatic amines is 1. The molecule has 3 N–H and O–H groups in total. The van der Waals surface area contributed by atoms with Crippen molar-refractivity contribution in [3.63, 3.8) is 0 Å². The van der Waals surface area contributed by atoms with Crippen LogP contribution in [0.2, 0.25) is 0 Å². The topological polar surface area (TPSA) is 74.0 Å².